The summed E-state index contributed by atoms with van der Waals surface area (Å²) in [6, 6.07) is 1.09. The molecule has 20 heavy (non-hydrogen) atoms. The third-order valence-electron chi connectivity index (χ3n) is 4.62. The molecule has 0 heterocycles. The Morgan fingerprint density at radius 2 is 1.65 bits per heavy atom. The molecule has 1 aliphatic carbocycles. The van der Waals surface area contributed by atoms with Crippen molar-refractivity contribution in [2.75, 3.05) is 26.2 Å². The molecule has 4 heteroatoms. The average Bonchev–Trinajstić information content (AvgIpc) is 2.46. The Labute approximate surface area is 124 Å². The summed E-state index contributed by atoms with van der Waals surface area (Å²) in [4.78, 5) is 16.5. The lowest BCUT2D eigenvalue weighted by Gasteiger charge is -2.35. The van der Waals surface area contributed by atoms with Crippen LogP contribution in [0.5, 0.6) is 0 Å². The molecule has 0 radical (unpaired) electrons. The highest BCUT2D eigenvalue weighted by Gasteiger charge is 2.23. The number of hydrogen-bond donors (Lipinski definition) is 1. The van der Waals surface area contributed by atoms with Crippen molar-refractivity contribution in [1.82, 2.24) is 9.80 Å². The molecule has 1 saturated carbocycles. The summed E-state index contributed by atoms with van der Waals surface area (Å²) < 4.78 is 0. The van der Waals surface area contributed by atoms with Crippen LogP contribution >= 0.6 is 0 Å². The van der Waals surface area contributed by atoms with Crippen LogP contribution in [-0.2, 0) is 4.79 Å². The first kappa shape index (κ1) is 17.4. The lowest BCUT2D eigenvalue weighted by atomic mass is 9.90. The molecule has 0 aromatic heterocycles. The second-order valence-corrected chi connectivity index (χ2v) is 5.87. The van der Waals surface area contributed by atoms with Crippen LogP contribution in [0.25, 0.3) is 0 Å². The Bertz CT molecular complexity index is 271. The van der Waals surface area contributed by atoms with Crippen LogP contribution in [0, 0.1) is 0 Å². The molecule has 1 aliphatic rings. The van der Waals surface area contributed by atoms with E-state index in [2.05, 4.69) is 11.8 Å². The molecule has 1 fully saturated rings. The van der Waals surface area contributed by atoms with E-state index in [1.807, 2.05) is 18.7 Å². The third kappa shape index (κ3) is 5.41. The fraction of sp³-hybridized carbons (Fsp3) is 0.938. The second kappa shape index (κ2) is 9.35. The summed E-state index contributed by atoms with van der Waals surface area (Å²) in [7, 11) is 0. The van der Waals surface area contributed by atoms with Gasteiger partial charge in [-0.05, 0) is 59.0 Å². The Balaban J connectivity index is 2.29. The first-order chi connectivity index (χ1) is 9.62. The minimum Gasteiger partial charge on any atom is -0.343 e. The molecule has 0 spiro atoms. The number of carbonyl (C=O) groups is 1. The van der Waals surface area contributed by atoms with E-state index in [1.165, 1.54) is 12.8 Å². The van der Waals surface area contributed by atoms with E-state index in [9.17, 15) is 4.79 Å². The van der Waals surface area contributed by atoms with Crippen LogP contribution in [-0.4, -0.2) is 54.0 Å². The summed E-state index contributed by atoms with van der Waals surface area (Å²) >= 11 is 0. The van der Waals surface area contributed by atoms with Gasteiger partial charge in [-0.25, -0.2) is 0 Å². The normalized spacial score (nSPS) is 23.1. The molecule has 118 valence electrons. The van der Waals surface area contributed by atoms with Crippen molar-refractivity contribution in [2.45, 2.75) is 71.4 Å². The largest absolute Gasteiger partial charge is 0.343 e. The van der Waals surface area contributed by atoms with Gasteiger partial charge in [-0.3, -0.25) is 4.79 Å². The molecule has 0 aromatic rings. The first-order valence-corrected chi connectivity index (χ1v) is 8.39. The maximum absolute atomic E-state index is 12.0. The van der Waals surface area contributed by atoms with Gasteiger partial charge in [0.1, 0.15) is 0 Å². The predicted octanol–water partition coefficient (Wildman–Crippen LogP) is 2.23. The average molecular weight is 283 g/mol. The van der Waals surface area contributed by atoms with E-state index in [0.29, 0.717) is 24.4 Å². The lowest BCUT2D eigenvalue weighted by Crippen LogP contribution is -2.41. The van der Waals surface area contributed by atoms with E-state index in [4.69, 9.17) is 5.73 Å². The zero-order chi connectivity index (χ0) is 15.0. The fourth-order valence-corrected chi connectivity index (χ4v) is 3.23. The molecule has 0 atom stereocenters. The maximum Gasteiger partial charge on any atom is 0.222 e. The Morgan fingerprint density at radius 3 is 2.15 bits per heavy atom. The van der Waals surface area contributed by atoms with Crippen molar-refractivity contribution < 1.29 is 4.79 Å². The molecule has 0 saturated heterocycles. The fourth-order valence-electron chi connectivity index (χ4n) is 3.23. The smallest absolute Gasteiger partial charge is 0.222 e. The maximum atomic E-state index is 12.0. The van der Waals surface area contributed by atoms with E-state index < -0.39 is 0 Å². The van der Waals surface area contributed by atoms with Crippen LogP contribution in [0.1, 0.15) is 59.3 Å². The summed E-state index contributed by atoms with van der Waals surface area (Å²) in [5.74, 6) is 0.303. The molecular weight excluding hydrogens is 250 g/mol. The van der Waals surface area contributed by atoms with Crippen LogP contribution < -0.4 is 5.73 Å². The molecule has 1 amide bonds. The monoisotopic (exact) mass is 283 g/mol. The van der Waals surface area contributed by atoms with Crippen LogP contribution in [0.2, 0.25) is 0 Å². The summed E-state index contributed by atoms with van der Waals surface area (Å²) in [6.07, 6.45) is 6.41. The molecule has 1 rings (SSSR count). The highest BCUT2D eigenvalue weighted by atomic mass is 16.2. The summed E-state index contributed by atoms with van der Waals surface area (Å²) in [5.41, 5.74) is 5.97. The minimum absolute atomic E-state index is 0.303. The van der Waals surface area contributed by atoms with Gasteiger partial charge in [0.15, 0.2) is 0 Å². The predicted molar refractivity (Wildman–Crippen MR) is 84.6 cm³/mol. The van der Waals surface area contributed by atoms with E-state index in [1.54, 1.807) is 0 Å². The highest BCUT2D eigenvalue weighted by molar-refractivity contribution is 5.76. The van der Waals surface area contributed by atoms with Crippen molar-refractivity contribution in [3.8, 4) is 0 Å². The highest BCUT2D eigenvalue weighted by Crippen LogP contribution is 2.22. The lowest BCUT2D eigenvalue weighted by molar-refractivity contribution is -0.131. The van der Waals surface area contributed by atoms with Gasteiger partial charge in [0.05, 0.1) is 0 Å². The topological polar surface area (TPSA) is 49.6 Å². The molecular formula is C16H33N3O. The SMILES string of the molecule is CCN(CC)C(=O)CCCN(CC)C1CCC(N)CC1. The third-order valence-corrected chi connectivity index (χ3v) is 4.62. The van der Waals surface area contributed by atoms with Gasteiger partial charge < -0.3 is 15.5 Å². The summed E-state index contributed by atoms with van der Waals surface area (Å²) in [6.45, 7) is 10.1. The van der Waals surface area contributed by atoms with Crippen molar-refractivity contribution in [3.05, 3.63) is 0 Å². The van der Waals surface area contributed by atoms with Crippen LogP contribution in [0.4, 0.5) is 0 Å². The van der Waals surface area contributed by atoms with Crippen LogP contribution in [0.15, 0.2) is 0 Å². The van der Waals surface area contributed by atoms with E-state index in [-0.39, 0.29) is 0 Å². The Kier molecular flexibility index (Phi) is 8.15. The summed E-state index contributed by atoms with van der Waals surface area (Å²) in [5, 5.41) is 0. The molecule has 0 unspecified atom stereocenters. The van der Waals surface area contributed by atoms with Crippen molar-refractivity contribution >= 4 is 5.91 Å². The number of amides is 1. The van der Waals surface area contributed by atoms with Gasteiger partial charge >= 0.3 is 0 Å². The van der Waals surface area contributed by atoms with Gasteiger partial charge in [-0.2, -0.15) is 0 Å². The Morgan fingerprint density at radius 1 is 1.05 bits per heavy atom. The van der Waals surface area contributed by atoms with Gasteiger partial charge in [-0.15, -0.1) is 0 Å². The number of rotatable bonds is 8. The second-order valence-electron chi connectivity index (χ2n) is 5.87. The van der Waals surface area contributed by atoms with E-state index in [0.717, 1.165) is 45.4 Å². The van der Waals surface area contributed by atoms with Crippen molar-refractivity contribution in [1.29, 1.82) is 0 Å². The zero-order valence-corrected chi connectivity index (χ0v) is 13.6. The number of hydrogen-bond acceptors (Lipinski definition) is 3. The molecule has 2 N–H and O–H groups in total. The van der Waals surface area contributed by atoms with Gasteiger partial charge in [-0.1, -0.05) is 6.92 Å². The zero-order valence-electron chi connectivity index (χ0n) is 13.6. The molecule has 0 aromatic carbocycles. The van der Waals surface area contributed by atoms with Crippen molar-refractivity contribution in [2.24, 2.45) is 5.73 Å². The van der Waals surface area contributed by atoms with Gasteiger partial charge in [0.2, 0.25) is 5.91 Å². The van der Waals surface area contributed by atoms with E-state index >= 15 is 0 Å². The number of nitrogens with zero attached hydrogens (tertiary/aromatic N) is 2. The quantitative estimate of drug-likeness (QED) is 0.743. The first-order valence-electron chi connectivity index (χ1n) is 8.39. The van der Waals surface area contributed by atoms with Gasteiger partial charge in [0.25, 0.3) is 0 Å². The van der Waals surface area contributed by atoms with Gasteiger partial charge in [0, 0.05) is 31.6 Å². The minimum atomic E-state index is 0.303. The van der Waals surface area contributed by atoms with Crippen LogP contribution in [0.3, 0.4) is 0 Å². The Hall–Kier alpha value is -0.610. The number of nitrogens with two attached hydrogens (primary N) is 1. The molecule has 0 bridgehead atoms. The standard InChI is InChI=1S/C16H33N3O/c1-4-18(5-2)16(20)8-7-13-19(6-3)15-11-9-14(17)10-12-15/h14-15H,4-13,17H2,1-3H3. The number of carbonyl (C=O) groups excluding carboxylic acids is 1. The molecule has 4 nitrogen and oxygen atoms in total. The van der Waals surface area contributed by atoms with Crippen molar-refractivity contribution in [3.63, 3.8) is 0 Å². The molecule has 0 aliphatic heterocycles.